The lowest BCUT2D eigenvalue weighted by Gasteiger charge is -2.53. The summed E-state index contributed by atoms with van der Waals surface area (Å²) in [4.78, 5) is 40.4. The van der Waals surface area contributed by atoms with Crippen molar-refractivity contribution >= 4 is 35.2 Å². The van der Waals surface area contributed by atoms with Crippen LogP contribution in [0.25, 0.3) is 0 Å². The van der Waals surface area contributed by atoms with Crippen molar-refractivity contribution in [2.24, 2.45) is 0 Å². The Labute approximate surface area is 173 Å². The topological polar surface area (TPSA) is 87.2 Å². The van der Waals surface area contributed by atoms with Crippen LogP contribution in [0.3, 0.4) is 0 Å². The number of fused-ring (bicyclic) bond motifs is 1. The molecule has 0 spiro atoms. The number of carboxylic acid groups (broad SMARTS) is 1. The second-order valence-corrected chi connectivity index (χ2v) is 9.27. The van der Waals surface area contributed by atoms with E-state index >= 15 is 0 Å². The van der Waals surface area contributed by atoms with E-state index in [1.54, 1.807) is 24.3 Å². The maximum Gasteiger partial charge on any atom is 0.352 e. The highest BCUT2D eigenvalue weighted by molar-refractivity contribution is 8.00. The van der Waals surface area contributed by atoms with Crippen molar-refractivity contribution in [2.45, 2.75) is 56.7 Å². The van der Waals surface area contributed by atoms with Crippen LogP contribution in [0.5, 0.6) is 0 Å². The summed E-state index contributed by atoms with van der Waals surface area (Å²) in [5.74, 6) is -1.27. The monoisotopic (exact) mass is 416 g/mol. The molecule has 3 aliphatic heterocycles. The maximum atomic E-state index is 13.1. The van der Waals surface area contributed by atoms with Crippen LogP contribution in [-0.2, 0) is 19.1 Å². The summed E-state index contributed by atoms with van der Waals surface area (Å²) in [5.41, 5.74) is 1.01. The zero-order valence-electron chi connectivity index (χ0n) is 16.6. The fourth-order valence-electron chi connectivity index (χ4n) is 4.33. The van der Waals surface area contributed by atoms with E-state index in [0.717, 1.165) is 12.8 Å². The number of β-lactam (4-membered cyclic amide) rings is 1. The first-order chi connectivity index (χ1) is 13.7. The van der Waals surface area contributed by atoms with E-state index in [-0.39, 0.29) is 29.2 Å². The number of aliphatic carboxylic acids is 1. The number of anilines is 1. The van der Waals surface area contributed by atoms with Gasteiger partial charge in [-0.15, -0.1) is 11.8 Å². The van der Waals surface area contributed by atoms with Gasteiger partial charge in [-0.3, -0.25) is 19.4 Å². The smallest absolute Gasteiger partial charge is 0.352 e. The Bertz CT molecular complexity index is 898. The van der Waals surface area contributed by atoms with E-state index in [4.69, 9.17) is 4.74 Å². The number of carbonyl (C=O) groups excluding carboxylic acids is 2. The molecule has 0 unspecified atom stereocenters. The molecular formula is C21H24N2O5S. The molecule has 1 N–H and O–H groups in total. The van der Waals surface area contributed by atoms with Crippen LogP contribution < -0.4 is 4.90 Å². The van der Waals surface area contributed by atoms with Gasteiger partial charge in [-0.1, -0.05) is 18.2 Å². The summed E-state index contributed by atoms with van der Waals surface area (Å²) >= 11 is 1.49. The van der Waals surface area contributed by atoms with Gasteiger partial charge in [0.1, 0.15) is 17.1 Å². The number of ether oxygens (including phenoxy) is 1. The maximum absolute atomic E-state index is 13.1. The van der Waals surface area contributed by atoms with Gasteiger partial charge in [0, 0.05) is 18.4 Å². The largest absolute Gasteiger partial charge is 0.477 e. The zero-order chi connectivity index (χ0) is 20.9. The summed E-state index contributed by atoms with van der Waals surface area (Å²) in [6.45, 7) is 5.40. The normalized spacial score (nSPS) is 28.0. The summed E-state index contributed by atoms with van der Waals surface area (Å²) in [6, 6.07) is 8.29. The van der Waals surface area contributed by atoms with Crippen molar-refractivity contribution in [1.29, 1.82) is 0 Å². The Hall–Kier alpha value is -2.32. The lowest BCUT2D eigenvalue weighted by atomic mass is 9.97. The fraction of sp³-hybridized carbons (Fsp3) is 0.476. The number of thioether (sulfide) groups is 1. The van der Waals surface area contributed by atoms with Gasteiger partial charge in [0.15, 0.2) is 0 Å². The van der Waals surface area contributed by atoms with Gasteiger partial charge in [-0.25, -0.2) is 4.79 Å². The van der Waals surface area contributed by atoms with Crippen molar-refractivity contribution in [1.82, 2.24) is 4.90 Å². The van der Waals surface area contributed by atoms with E-state index in [9.17, 15) is 19.5 Å². The van der Waals surface area contributed by atoms with E-state index < -0.39 is 17.4 Å². The minimum absolute atomic E-state index is 0.0225. The number of benzene rings is 1. The van der Waals surface area contributed by atoms with Gasteiger partial charge in [-0.05, 0) is 44.4 Å². The molecule has 29 heavy (non-hydrogen) atoms. The Morgan fingerprint density at radius 2 is 1.97 bits per heavy atom. The van der Waals surface area contributed by atoms with Crippen LogP contribution in [0.1, 0.15) is 33.6 Å². The molecule has 1 aromatic carbocycles. The number of hydrogen-bond acceptors (Lipinski definition) is 5. The highest BCUT2D eigenvalue weighted by atomic mass is 32.2. The third-order valence-corrected chi connectivity index (χ3v) is 6.97. The van der Waals surface area contributed by atoms with Crippen LogP contribution >= 0.6 is 11.8 Å². The number of carbonyl (C=O) groups is 3. The first kappa shape index (κ1) is 20.0. The Kier molecular flexibility index (Phi) is 4.94. The van der Waals surface area contributed by atoms with Gasteiger partial charge in [0.05, 0.1) is 11.7 Å². The molecule has 1 aromatic rings. The molecule has 0 radical (unpaired) electrons. The molecule has 0 aromatic heterocycles. The lowest BCUT2D eigenvalue weighted by Crippen LogP contribution is -2.71. The summed E-state index contributed by atoms with van der Waals surface area (Å²) in [5, 5.41) is 9.47. The molecule has 8 heteroatoms. The Morgan fingerprint density at radius 1 is 1.28 bits per heavy atom. The molecule has 0 aliphatic carbocycles. The van der Waals surface area contributed by atoms with Gasteiger partial charge >= 0.3 is 5.97 Å². The molecule has 2 saturated heterocycles. The standard InChI is InChI=1S/C21H24N2O5S/c1-12(24)22(13-7-5-4-6-8-13)17-18(25)23-16(20(26)27)14(11-29-19(17)23)15-9-10-21(2,3)28-15/h4-8,15,17,19H,9-11H2,1-3H3,(H,26,27)/t15-,17+,19+/m0/s1. The number of para-hydroxylation sites is 1. The second-order valence-electron chi connectivity index (χ2n) is 8.16. The molecule has 0 bridgehead atoms. The number of carboxylic acids is 1. The number of rotatable bonds is 4. The van der Waals surface area contributed by atoms with Crippen LogP contribution in [0, 0.1) is 0 Å². The lowest BCUT2D eigenvalue weighted by molar-refractivity contribution is -0.149. The van der Waals surface area contributed by atoms with Crippen LogP contribution in [0.4, 0.5) is 5.69 Å². The number of amides is 2. The summed E-state index contributed by atoms with van der Waals surface area (Å²) < 4.78 is 6.06. The van der Waals surface area contributed by atoms with Crippen molar-refractivity contribution in [3.63, 3.8) is 0 Å². The van der Waals surface area contributed by atoms with Crippen LogP contribution in [0.15, 0.2) is 41.6 Å². The predicted molar refractivity (Wildman–Crippen MR) is 109 cm³/mol. The highest BCUT2D eigenvalue weighted by Crippen LogP contribution is 2.46. The SMILES string of the molecule is CC(=O)N(c1ccccc1)[C@@H]1C(=O)N2C(C(=O)O)=C([C@@H]3CCC(C)(C)O3)CS[C@H]12. The van der Waals surface area contributed by atoms with E-state index in [1.807, 2.05) is 19.9 Å². The van der Waals surface area contributed by atoms with Crippen LogP contribution in [-0.4, -0.2) is 56.7 Å². The molecule has 3 heterocycles. The van der Waals surface area contributed by atoms with Crippen LogP contribution in [0.2, 0.25) is 0 Å². The quantitative estimate of drug-likeness (QED) is 0.760. The van der Waals surface area contributed by atoms with E-state index in [1.165, 1.54) is 28.5 Å². The van der Waals surface area contributed by atoms with Crippen molar-refractivity contribution < 1.29 is 24.2 Å². The first-order valence-electron chi connectivity index (χ1n) is 9.65. The third kappa shape index (κ3) is 3.34. The minimum Gasteiger partial charge on any atom is -0.477 e. The molecule has 3 atom stereocenters. The number of hydrogen-bond donors (Lipinski definition) is 1. The molecule has 2 fully saturated rings. The molecule has 2 amide bonds. The predicted octanol–water partition coefficient (Wildman–Crippen LogP) is 2.62. The minimum atomic E-state index is -1.13. The third-order valence-electron chi connectivity index (χ3n) is 5.68. The van der Waals surface area contributed by atoms with Crippen molar-refractivity contribution in [3.8, 4) is 0 Å². The molecule has 154 valence electrons. The van der Waals surface area contributed by atoms with Gasteiger partial charge in [-0.2, -0.15) is 0 Å². The molecule has 3 aliphatic rings. The average Bonchev–Trinajstić information content (AvgIpc) is 3.04. The summed E-state index contributed by atoms with van der Waals surface area (Å²) in [7, 11) is 0. The van der Waals surface area contributed by atoms with Crippen molar-refractivity contribution in [3.05, 3.63) is 41.6 Å². The molecule has 7 nitrogen and oxygen atoms in total. The second kappa shape index (κ2) is 7.18. The molecule has 4 rings (SSSR count). The Morgan fingerprint density at radius 3 is 2.52 bits per heavy atom. The Balaban J connectivity index is 1.66. The van der Waals surface area contributed by atoms with Gasteiger partial charge in [0.2, 0.25) is 5.91 Å². The molecular weight excluding hydrogens is 392 g/mol. The molecule has 0 saturated carbocycles. The zero-order valence-corrected chi connectivity index (χ0v) is 17.4. The average molecular weight is 416 g/mol. The van der Waals surface area contributed by atoms with Crippen molar-refractivity contribution in [2.75, 3.05) is 10.7 Å². The van der Waals surface area contributed by atoms with Gasteiger partial charge < -0.3 is 9.84 Å². The van der Waals surface area contributed by atoms with E-state index in [2.05, 4.69) is 0 Å². The number of nitrogens with zero attached hydrogens (tertiary/aromatic N) is 2. The van der Waals surface area contributed by atoms with E-state index in [0.29, 0.717) is 17.0 Å². The fourth-order valence-corrected chi connectivity index (χ4v) is 5.78. The summed E-state index contributed by atoms with van der Waals surface area (Å²) in [6.07, 6.45) is 1.28. The highest BCUT2D eigenvalue weighted by Gasteiger charge is 2.57. The van der Waals surface area contributed by atoms with Gasteiger partial charge in [0.25, 0.3) is 5.91 Å². The first-order valence-corrected chi connectivity index (χ1v) is 10.7.